The molecule has 12 aromatic rings. The van der Waals surface area contributed by atoms with E-state index < -0.39 is 0 Å². The Hall–Kier alpha value is -8.46. The number of hydrogen-bond donors (Lipinski definition) is 0. The van der Waals surface area contributed by atoms with Crippen LogP contribution in [0.2, 0.25) is 0 Å². The Morgan fingerprint density at radius 3 is 1.06 bits per heavy atom. The highest BCUT2D eigenvalue weighted by molar-refractivity contribution is 6.06. The highest BCUT2D eigenvalue weighted by Crippen LogP contribution is 2.40. The van der Waals surface area contributed by atoms with E-state index in [2.05, 4.69) is 241 Å². The van der Waals surface area contributed by atoms with Crippen molar-refractivity contribution in [3.8, 4) is 55.6 Å². The van der Waals surface area contributed by atoms with Gasteiger partial charge in [-0.25, -0.2) is 0 Å². The van der Waals surface area contributed by atoms with E-state index in [-0.39, 0.29) is 0 Å². The number of hydrogen-bond acceptors (Lipinski definition) is 2. The smallest absolute Gasteiger partial charge is 0.135 e. The molecule has 0 saturated carbocycles. The summed E-state index contributed by atoms with van der Waals surface area (Å²) in [5.74, 6) is 0. The van der Waals surface area contributed by atoms with Gasteiger partial charge in [-0.1, -0.05) is 194 Å². The molecule has 0 bridgehead atoms. The largest absolute Gasteiger partial charge is 0.456 e. The number of anilines is 3. The third kappa shape index (κ3) is 6.79. The van der Waals surface area contributed by atoms with E-state index in [1.54, 1.807) is 0 Å². The number of para-hydroxylation sites is 1. The first-order valence-electron chi connectivity index (χ1n) is 21.9. The lowest BCUT2D eigenvalue weighted by Crippen LogP contribution is -2.09. The Morgan fingerprint density at radius 2 is 0.578 bits per heavy atom. The molecular weight excluding hydrogens is 775 g/mol. The van der Waals surface area contributed by atoms with Crippen LogP contribution in [-0.4, -0.2) is 0 Å². The molecule has 2 nitrogen and oxygen atoms in total. The predicted octanol–water partition coefficient (Wildman–Crippen LogP) is 17.7. The van der Waals surface area contributed by atoms with Gasteiger partial charge in [-0.3, -0.25) is 0 Å². The van der Waals surface area contributed by atoms with E-state index in [0.29, 0.717) is 0 Å². The number of rotatable bonds is 8. The zero-order chi connectivity index (χ0) is 42.4. The van der Waals surface area contributed by atoms with Crippen molar-refractivity contribution in [2.75, 3.05) is 4.90 Å². The maximum Gasteiger partial charge on any atom is 0.135 e. The first-order valence-corrected chi connectivity index (χ1v) is 21.9. The van der Waals surface area contributed by atoms with Gasteiger partial charge in [0.1, 0.15) is 11.2 Å². The van der Waals surface area contributed by atoms with Crippen LogP contribution in [0.5, 0.6) is 0 Å². The second-order valence-corrected chi connectivity index (χ2v) is 16.5. The molecule has 0 N–H and O–H groups in total. The number of nitrogens with zero attached hydrogens (tertiary/aromatic N) is 1. The summed E-state index contributed by atoms with van der Waals surface area (Å²) in [6.45, 7) is 0. The monoisotopic (exact) mass is 815 g/mol. The molecule has 64 heavy (non-hydrogen) atoms. The van der Waals surface area contributed by atoms with Crippen molar-refractivity contribution in [1.29, 1.82) is 0 Å². The molecule has 12 rings (SSSR count). The average Bonchev–Trinajstić information content (AvgIpc) is 3.75. The number of fused-ring (bicyclic) bond motifs is 5. The van der Waals surface area contributed by atoms with Crippen LogP contribution in [0.4, 0.5) is 17.1 Å². The molecule has 0 aliphatic heterocycles. The number of benzene rings is 11. The Labute approximate surface area is 372 Å². The lowest BCUT2D eigenvalue weighted by atomic mass is 9.96. The Kier molecular flexibility index (Phi) is 9.20. The van der Waals surface area contributed by atoms with Crippen molar-refractivity contribution in [1.82, 2.24) is 0 Å². The van der Waals surface area contributed by atoms with E-state index in [0.717, 1.165) is 50.1 Å². The maximum atomic E-state index is 6.13. The van der Waals surface area contributed by atoms with Crippen LogP contribution in [0, 0.1) is 0 Å². The van der Waals surface area contributed by atoms with Gasteiger partial charge in [0.05, 0.1) is 0 Å². The fourth-order valence-corrected chi connectivity index (χ4v) is 9.40. The molecule has 0 radical (unpaired) electrons. The lowest BCUT2D eigenvalue weighted by molar-refractivity contribution is 0.669. The Bertz CT molecular complexity index is 3440. The van der Waals surface area contributed by atoms with Crippen LogP contribution in [0.1, 0.15) is 0 Å². The molecule has 0 unspecified atom stereocenters. The second-order valence-electron chi connectivity index (χ2n) is 16.5. The number of furan rings is 1. The maximum absolute atomic E-state index is 6.13. The van der Waals surface area contributed by atoms with Crippen LogP contribution < -0.4 is 4.90 Å². The first-order chi connectivity index (χ1) is 31.7. The van der Waals surface area contributed by atoms with Gasteiger partial charge in [0, 0.05) is 27.8 Å². The second kappa shape index (κ2) is 15.8. The molecule has 0 aliphatic rings. The molecule has 0 spiro atoms. The van der Waals surface area contributed by atoms with Crippen molar-refractivity contribution >= 4 is 60.5 Å². The van der Waals surface area contributed by atoms with Crippen molar-refractivity contribution in [3.63, 3.8) is 0 Å². The van der Waals surface area contributed by atoms with Gasteiger partial charge in [0.25, 0.3) is 0 Å². The Balaban J connectivity index is 0.870. The van der Waals surface area contributed by atoms with Crippen molar-refractivity contribution in [2.24, 2.45) is 0 Å². The van der Waals surface area contributed by atoms with Crippen molar-refractivity contribution < 1.29 is 4.42 Å². The van der Waals surface area contributed by atoms with Gasteiger partial charge in [0.2, 0.25) is 0 Å². The van der Waals surface area contributed by atoms with Crippen molar-refractivity contribution in [3.05, 3.63) is 249 Å². The van der Waals surface area contributed by atoms with Crippen LogP contribution >= 0.6 is 0 Å². The fraction of sp³-hybridized carbons (Fsp3) is 0. The van der Waals surface area contributed by atoms with Gasteiger partial charge >= 0.3 is 0 Å². The third-order valence-corrected chi connectivity index (χ3v) is 12.7. The van der Waals surface area contributed by atoms with Gasteiger partial charge < -0.3 is 9.32 Å². The molecule has 2 heteroatoms. The lowest BCUT2D eigenvalue weighted by Gasteiger charge is -2.26. The van der Waals surface area contributed by atoms with Crippen LogP contribution in [-0.2, 0) is 0 Å². The molecule has 0 amide bonds. The summed E-state index contributed by atoms with van der Waals surface area (Å²) < 4.78 is 6.13. The van der Waals surface area contributed by atoms with Gasteiger partial charge in [-0.2, -0.15) is 0 Å². The normalized spacial score (nSPS) is 11.4. The summed E-state index contributed by atoms with van der Waals surface area (Å²) in [6, 6.07) is 89.7. The predicted molar refractivity (Wildman–Crippen MR) is 271 cm³/mol. The van der Waals surface area contributed by atoms with Gasteiger partial charge in [0.15, 0.2) is 0 Å². The molecule has 0 aliphatic carbocycles. The Morgan fingerprint density at radius 1 is 0.234 bits per heavy atom. The molecule has 300 valence electrons. The minimum Gasteiger partial charge on any atom is -0.456 e. The summed E-state index contributed by atoms with van der Waals surface area (Å²) >= 11 is 0. The van der Waals surface area contributed by atoms with E-state index in [1.807, 2.05) is 12.1 Å². The minimum absolute atomic E-state index is 0.904. The molecule has 0 fully saturated rings. The SMILES string of the molecule is c1ccc2c(-c3ccc(-c4ccc(N(c5ccc(-c6ccc(-c7cccc8ccccc78)cc6)cc5)c5ccc(-c6ccc7oc8ccccc8c7c6)cc5)cc4)cc3)cccc2c1. The fourth-order valence-electron chi connectivity index (χ4n) is 9.40. The van der Waals surface area contributed by atoms with E-state index >= 15 is 0 Å². The molecule has 0 atom stereocenters. The highest BCUT2D eigenvalue weighted by atomic mass is 16.3. The van der Waals surface area contributed by atoms with Crippen LogP contribution in [0.15, 0.2) is 253 Å². The van der Waals surface area contributed by atoms with Gasteiger partial charge in [-0.05, 0) is 132 Å². The molecule has 0 saturated heterocycles. The summed E-state index contributed by atoms with van der Waals surface area (Å²) in [6.07, 6.45) is 0. The summed E-state index contributed by atoms with van der Waals surface area (Å²) in [4.78, 5) is 2.34. The third-order valence-electron chi connectivity index (χ3n) is 12.7. The van der Waals surface area contributed by atoms with E-state index in [1.165, 1.54) is 66.1 Å². The van der Waals surface area contributed by atoms with E-state index in [4.69, 9.17) is 4.42 Å². The summed E-state index contributed by atoms with van der Waals surface area (Å²) in [5.41, 5.74) is 17.0. The standard InChI is InChI=1S/C62H41NO/c1-3-13-55-47(9-1)11-7-16-57(55)49-23-19-42(20-24-49)44-27-34-52(35-28-44)63(54-38-31-46(32-39-54)51-33-40-62-60(41-51)59-15-5-6-18-61(59)64-62)53-36-29-45(30-37-53)43-21-25-50(26-22-43)58-17-8-12-48-10-2-4-14-56(48)58/h1-41H. The van der Waals surface area contributed by atoms with E-state index in [9.17, 15) is 0 Å². The molecule has 1 heterocycles. The van der Waals surface area contributed by atoms with Crippen LogP contribution in [0.25, 0.3) is 99.1 Å². The summed E-state index contributed by atoms with van der Waals surface area (Å²) in [7, 11) is 0. The quantitative estimate of drug-likeness (QED) is 0.152. The topological polar surface area (TPSA) is 16.4 Å². The minimum atomic E-state index is 0.904. The van der Waals surface area contributed by atoms with Crippen molar-refractivity contribution in [2.45, 2.75) is 0 Å². The molecule has 11 aromatic carbocycles. The van der Waals surface area contributed by atoms with Gasteiger partial charge in [-0.15, -0.1) is 0 Å². The molecule has 1 aromatic heterocycles. The summed E-state index contributed by atoms with van der Waals surface area (Å²) in [5, 5.41) is 7.31. The zero-order valence-corrected chi connectivity index (χ0v) is 35.0. The zero-order valence-electron chi connectivity index (χ0n) is 35.0. The molecular formula is C62H41NO. The van der Waals surface area contributed by atoms with Crippen LogP contribution in [0.3, 0.4) is 0 Å². The highest BCUT2D eigenvalue weighted by Gasteiger charge is 2.15. The first kappa shape index (κ1) is 37.3. The average molecular weight is 816 g/mol.